The molecule has 1 fully saturated rings. The highest BCUT2D eigenvalue weighted by molar-refractivity contribution is 4.80. The minimum Gasteiger partial charge on any atom is -0.390 e. The lowest BCUT2D eigenvalue weighted by molar-refractivity contribution is -0.136. The second-order valence-corrected chi connectivity index (χ2v) is 3.04. The van der Waals surface area contributed by atoms with Crippen LogP contribution in [0.2, 0.25) is 0 Å². The number of ether oxygens (including phenoxy) is 1. The maximum absolute atomic E-state index is 9.39. The molecule has 0 bridgehead atoms. The molecule has 1 aliphatic rings. The fourth-order valence-electron chi connectivity index (χ4n) is 1.40. The Morgan fingerprint density at radius 3 is 2.82 bits per heavy atom. The first-order valence-corrected chi connectivity index (χ1v) is 4.23. The zero-order valence-electron chi connectivity index (χ0n) is 6.86. The minimum atomic E-state index is -0.677. The SMILES string of the molecule is CCC[C@H]1OCC[C@@H](O)[C@H]1O. The molecule has 3 atom stereocenters. The monoisotopic (exact) mass is 160 g/mol. The molecule has 0 aromatic heterocycles. The van der Waals surface area contributed by atoms with Crippen LogP contribution in [-0.4, -0.2) is 35.1 Å². The molecular weight excluding hydrogens is 144 g/mol. The van der Waals surface area contributed by atoms with Gasteiger partial charge >= 0.3 is 0 Å². The lowest BCUT2D eigenvalue weighted by Gasteiger charge is -2.31. The highest BCUT2D eigenvalue weighted by Crippen LogP contribution is 2.18. The highest BCUT2D eigenvalue weighted by Gasteiger charge is 2.30. The first-order valence-electron chi connectivity index (χ1n) is 4.23. The van der Waals surface area contributed by atoms with Crippen molar-refractivity contribution in [1.29, 1.82) is 0 Å². The van der Waals surface area contributed by atoms with Crippen molar-refractivity contribution in [1.82, 2.24) is 0 Å². The molecule has 0 unspecified atom stereocenters. The molecule has 0 saturated carbocycles. The molecule has 3 heteroatoms. The lowest BCUT2D eigenvalue weighted by atomic mass is 9.99. The van der Waals surface area contributed by atoms with Crippen LogP contribution in [0.1, 0.15) is 26.2 Å². The van der Waals surface area contributed by atoms with Gasteiger partial charge in [0.05, 0.1) is 12.2 Å². The molecule has 0 aliphatic carbocycles. The van der Waals surface area contributed by atoms with Crippen LogP contribution in [0.25, 0.3) is 0 Å². The molecular formula is C8H16O3. The Hall–Kier alpha value is -0.120. The average molecular weight is 160 g/mol. The van der Waals surface area contributed by atoms with Gasteiger partial charge in [-0.1, -0.05) is 13.3 Å². The Morgan fingerprint density at radius 2 is 2.18 bits per heavy atom. The Morgan fingerprint density at radius 1 is 1.45 bits per heavy atom. The number of hydrogen-bond acceptors (Lipinski definition) is 3. The smallest absolute Gasteiger partial charge is 0.106 e. The van der Waals surface area contributed by atoms with E-state index in [-0.39, 0.29) is 6.10 Å². The topological polar surface area (TPSA) is 49.7 Å². The van der Waals surface area contributed by atoms with Gasteiger partial charge in [0.1, 0.15) is 6.10 Å². The largest absolute Gasteiger partial charge is 0.390 e. The van der Waals surface area contributed by atoms with Gasteiger partial charge in [-0.05, 0) is 12.8 Å². The maximum atomic E-state index is 9.39. The summed E-state index contributed by atoms with van der Waals surface area (Å²) in [6.45, 7) is 2.61. The highest BCUT2D eigenvalue weighted by atomic mass is 16.5. The van der Waals surface area contributed by atoms with E-state index in [2.05, 4.69) is 0 Å². The van der Waals surface area contributed by atoms with Crippen LogP contribution in [-0.2, 0) is 4.74 Å². The lowest BCUT2D eigenvalue weighted by Crippen LogP contribution is -2.44. The third kappa shape index (κ3) is 2.15. The standard InChI is InChI=1S/C8H16O3/c1-2-3-7-8(10)6(9)4-5-11-7/h6-10H,2-5H2,1H3/t6-,7-,8-/m1/s1. The van der Waals surface area contributed by atoms with Crippen molar-refractivity contribution in [2.24, 2.45) is 0 Å². The van der Waals surface area contributed by atoms with Gasteiger partial charge in [0, 0.05) is 6.61 Å². The molecule has 66 valence electrons. The van der Waals surface area contributed by atoms with Gasteiger partial charge in [0.15, 0.2) is 0 Å². The molecule has 1 rings (SSSR count). The van der Waals surface area contributed by atoms with E-state index in [1.165, 1.54) is 0 Å². The summed E-state index contributed by atoms with van der Waals surface area (Å²) in [5.74, 6) is 0. The first-order chi connectivity index (χ1) is 5.25. The zero-order valence-corrected chi connectivity index (χ0v) is 6.86. The predicted octanol–water partition coefficient (Wildman–Crippen LogP) is 0.297. The Balaban J connectivity index is 2.38. The number of hydrogen-bond donors (Lipinski definition) is 2. The zero-order chi connectivity index (χ0) is 8.27. The number of rotatable bonds is 2. The molecule has 3 nitrogen and oxygen atoms in total. The quantitative estimate of drug-likeness (QED) is 0.610. The molecule has 0 amide bonds. The van der Waals surface area contributed by atoms with Crippen LogP contribution < -0.4 is 0 Å². The van der Waals surface area contributed by atoms with Gasteiger partial charge in [0.2, 0.25) is 0 Å². The number of aliphatic hydroxyl groups is 2. The van der Waals surface area contributed by atoms with Crippen molar-refractivity contribution in [2.45, 2.75) is 44.5 Å². The minimum absolute atomic E-state index is 0.149. The van der Waals surface area contributed by atoms with Crippen LogP contribution in [0.4, 0.5) is 0 Å². The van der Waals surface area contributed by atoms with Crippen molar-refractivity contribution in [3.8, 4) is 0 Å². The first kappa shape index (κ1) is 8.97. The van der Waals surface area contributed by atoms with Gasteiger partial charge in [-0.15, -0.1) is 0 Å². The van der Waals surface area contributed by atoms with Crippen LogP contribution in [0, 0.1) is 0 Å². The van der Waals surface area contributed by atoms with Gasteiger partial charge in [-0.2, -0.15) is 0 Å². The van der Waals surface area contributed by atoms with Crippen LogP contribution in [0.15, 0.2) is 0 Å². The summed E-state index contributed by atoms with van der Waals surface area (Å²) in [4.78, 5) is 0. The summed E-state index contributed by atoms with van der Waals surface area (Å²) in [5.41, 5.74) is 0. The third-order valence-electron chi connectivity index (χ3n) is 2.09. The molecule has 0 radical (unpaired) electrons. The molecule has 0 aromatic rings. The van der Waals surface area contributed by atoms with Gasteiger partial charge in [-0.3, -0.25) is 0 Å². The summed E-state index contributed by atoms with van der Waals surface area (Å²) < 4.78 is 5.29. The number of aliphatic hydroxyl groups excluding tert-OH is 2. The molecule has 1 saturated heterocycles. The second kappa shape index (κ2) is 4.04. The van der Waals surface area contributed by atoms with Crippen molar-refractivity contribution in [2.75, 3.05) is 6.61 Å². The Bertz CT molecular complexity index is 114. The fourth-order valence-corrected chi connectivity index (χ4v) is 1.40. The summed E-state index contributed by atoms with van der Waals surface area (Å²) in [5, 5.41) is 18.6. The molecule has 0 spiro atoms. The molecule has 2 N–H and O–H groups in total. The predicted molar refractivity (Wildman–Crippen MR) is 41.3 cm³/mol. The van der Waals surface area contributed by atoms with E-state index in [9.17, 15) is 10.2 Å². The van der Waals surface area contributed by atoms with Crippen molar-refractivity contribution >= 4 is 0 Å². The van der Waals surface area contributed by atoms with Crippen molar-refractivity contribution < 1.29 is 14.9 Å². The molecule has 1 heterocycles. The van der Waals surface area contributed by atoms with Crippen LogP contribution in [0.3, 0.4) is 0 Å². The second-order valence-electron chi connectivity index (χ2n) is 3.04. The van der Waals surface area contributed by atoms with Crippen LogP contribution >= 0.6 is 0 Å². The Kier molecular flexibility index (Phi) is 3.30. The molecule has 11 heavy (non-hydrogen) atoms. The summed E-state index contributed by atoms with van der Waals surface area (Å²) >= 11 is 0. The fraction of sp³-hybridized carbons (Fsp3) is 1.00. The molecule has 0 aromatic carbocycles. The normalized spacial score (nSPS) is 39.0. The van der Waals surface area contributed by atoms with E-state index in [0.29, 0.717) is 13.0 Å². The van der Waals surface area contributed by atoms with Crippen molar-refractivity contribution in [3.63, 3.8) is 0 Å². The van der Waals surface area contributed by atoms with Crippen LogP contribution in [0.5, 0.6) is 0 Å². The average Bonchev–Trinajstić information content (AvgIpc) is 1.99. The van der Waals surface area contributed by atoms with Gasteiger partial charge < -0.3 is 14.9 Å². The maximum Gasteiger partial charge on any atom is 0.106 e. The van der Waals surface area contributed by atoms with E-state index in [1.54, 1.807) is 0 Å². The van der Waals surface area contributed by atoms with E-state index < -0.39 is 12.2 Å². The summed E-state index contributed by atoms with van der Waals surface area (Å²) in [6.07, 6.45) is 0.960. The van der Waals surface area contributed by atoms with Gasteiger partial charge in [0.25, 0.3) is 0 Å². The summed E-state index contributed by atoms with van der Waals surface area (Å²) in [7, 11) is 0. The van der Waals surface area contributed by atoms with E-state index in [1.807, 2.05) is 6.92 Å². The van der Waals surface area contributed by atoms with E-state index >= 15 is 0 Å². The third-order valence-corrected chi connectivity index (χ3v) is 2.09. The van der Waals surface area contributed by atoms with Crippen molar-refractivity contribution in [3.05, 3.63) is 0 Å². The Labute approximate surface area is 67.0 Å². The van der Waals surface area contributed by atoms with E-state index in [4.69, 9.17) is 4.74 Å². The summed E-state index contributed by atoms with van der Waals surface area (Å²) in [6, 6.07) is 0. The van der Waals surface area contributed by atoms with E-state index in [0.717, 1.165) is 12.8 Å². The molecule has 1 aliphatic heterocycles. The van der Waals surface area contributed by atoms with Gasteiger partial charge in [-0.25, -0.2) is 0 Å².